The molecule has 10 heteroatoms. The summed E-state index contributed by atoms with van der Waals surface area (Å²) in [6.07, 6.45) is 3.97. The zero-order valence-electron chi connectivity index (χ0n) is 26.4. The van der Waals surface area contributed by atoms with E-state index in [9.17, 15) is 14.7 Å². The lowest BCUT2D eigenvalue weighted by Crippen LogP contribution is -2.44. The van der Waals surface area contributed by atoms with Gasteiger partial charge in [0.2, 0.25) is 11.8 Å². The lowest BCUT2D eigenvalue weighted by atomic mass is 9.99. The van der Waals surface area contributed by atoms with Crippen molar-refractivity contribution in [2.75, 3.05) is 49.2 Å². The van der Waals surface area contributed by atoms with Crippen molar-refractivity contribution in [3.05, 3.63) is 89.5 Å². The Balaban J connectivity index is 1.10. The minimum absolute atomic E-state index is 0.000117. The molecule has 0 aromatic heterocycles. The Morgan fingerprint density at radius 3 is 2.26 bits per heavy atom. The lowest BCUT2D eigenvalue weighted by molar-refractivity contribution is -0.253. The van der Waals surface area contributed by atoms with Gasteiger partial charge < -0.3 is 35.7 Å². The van der Waals surface area contributed by atoms with Gasteiger partial charge in [-0.1, -0.05) is 61.4 Å². The van der Waals surface area contributed by atoms with Crippen LogP contribution in [0.5, 0.6) is 0 Å². The van der Waals surface area contributed by atoms with Crippen molar-refractivity contribution in [2.24, 2.45) is 0 Å². The second-order valence-electron chi connectivity index (χ2n) is 12.0. The molecule has 0 bridgehead atoms. The molecule has 0 unspecified atom stereocenters. The molecule has 0 spiro atoms. The predicted octanol–water partition coefficient (Wildman–Crippen LogP) is 5.56. The van der Waals surface area contributed by atoms with Crippen molar-refractivity contribution in [1.82, 2.24) is 4.90 Å². The highest BCUT2D eigenvalue weighted by atomic mass is 16.7. The third-order valence-electron chi connectivity index (χ3n) is 8.42. The van der Waals surface area contributed by atoms with E-state index in [0.717, 1.165) is 81.6 Å². The number of hydrogen-bond donors (Lipinski definition) is 4. The third-order valence-corrected chi connectivity index (χ3v) is 8.42. The fourth-order valence-electron chi connectivity index (χ4n) is 5.84. The lowest BCUT2D eigenvalue weighted by Gasteiger charge is -2.39. The molecular weight excluding hydrogens is 584 g/mol. The minimum atomic E-state index is -0.588. The molecule has 3 aromatic rings. The van der Waals surface area contributed by atoms with E-state index in [2.05, 4.69) is 15.5 Å². The van der Waals surface area contributed by atoms with Crippen LogP contribution in [0.2, 0.25) is 0 Å². The number of rotatable bonds is 14. The molecule has 246 valence electrons. The average Bonchev–Trinajstić information content (AvgIpc) is 3.08. The van der Waals surface area contributed by atoms with Gasteiger partial charge in [0.1, 0.15) is 0 Å². The Hall–Kier alpha value is -3.80. The number of amides is 2. The maximum absolute atomic E-state index is 12.8. The van der Waals surface area contributed by atoms with E-state index in [0.29, 0.717) is 29.9 Å². The van der Waals surface area contributed by atoms with Gasteiger partial charge in [-0.25, -0.2) is 0 Å². The number of aliphatic hydroxyl groups excluding tert-OH is 1. The minimum Gasteiger partial charge on any atom is -0.397 e. The number of aliphatic hydroxyl groups is 1. The van der Waals surface area contributed by atoms with Crippen molar-refractivity contribution < 1.29 is 28.9 Å². The van der Waals surface area contributed by atoms with Gasteiger partial charge >= 0.3 is 0 Å². The normalized spacial score (nSPS) is 20.2. The van der Waals surface area contributed by atoms with Crippen molar-refractivity contribution in [3.8, 4) is 0 Å². The van der Waals surface area contributed by atoms with E-state index in [-0.39, 0.29) is 30.6 Å². The maximum Gasteiger partial charge on any atom is 0.224 e. The number of nitrogens with one attached hydrogen (secondary N) is 2. The molecule has 2 aliphatic rings. The average molecular weight is 631 g/mol. The largest absolute Gasteiger partial charge is 0.397 e. The van der Waals surface area contributed by atoms with Crippen LogP contribution < -0.4 is 16.4 Å². The second kappa shape index (κ2) is 17.2. The fourth-order valence-corrected chi connectivity index (χ4v) is 5.84. The number of nitrogen functional groups attached to an aromatic ring is 1. The third kappa shape index (κ3) is 10.1. The standard InChI is InChI=1S/C36H46N4O6/c37-31-10-5-6-11-32(31)39-35(43)13-4-2-1-3-12-34(42)38-29-9-7-8-28(22-29)36-45-30(24-40-18-20-44-21-19-40)23-33(46-36)27-16-14-26(25-41)15-17-27/h5-11,14-17,22,30,33,36,41H,1-4,12-13,18-21,23-25,37H2,(H,38,42)(H,39,43)/t30-,33+,36+/m0/s1. The Morgan fingerprint density at radius 1 is 0.826 bits per heavy atom. The van der Waals surface area contributed by atoms with Crippen molar-refractivity contribution >= 4 is 28.9 Å². The molecule has 2 aliphatic heterocycles. The van der Waals surface area contributed by atoms with E-state index >= 15 is 0 Å². The molecule has 0 aliphatic carbocycles. The van der Waals surface area contributed by atoms with Crippen LogP contribution in [0.1, 0.15) is 74.0 Å². The summed E-state index contributed by atoms with van der Waals surface area (Å²) in [5.74, 6) is -0.105. The van der Waals surface area contributed by atoms with Gasteiger partial charge in [0.15, 0.2) is 6.29 Å². The molecule has 2 fully saturated rings. The monoisotopic (exact) mass is 630 g/mol. The van der Waals surface area contributed by atoms with Crippen LogP contribution in [0.3, 0.4) is 0 Å². The number of para-hydroxylation sites is 2. The number of hydrogen-bond acceptors (Lipinski definition) is 8. The van der Waals surface area contributed by atoms with Crippen LogP contribution in [0, 0.1) is 0 Å². The summed E-state index contributed by atoms with van der Waals surface area (Å²) in [5, 5.41) is 15.4. The molecule has 0 saturated carbocycles. The number of morpholine rings is 1. The molecule has 10 nitrogen and oxygen atoms in total. The summed E-state index contributed by atoms with van der Waals surface area (Å²) >= 11 is 0. The SMILES string of the molecule is Nc1ccccc1NC(=O)CCCCCCC(=O)Nc1cccc([C@@H]2O[C@H](CN3CCOCC3)C[C@H](c3ccc(CO)cc3)O2)c1. The molecule has 3 aromatic carbocycles. The first-order chi connectivity index (χ1) is 22.5. The van der Waals surface area contributed by atoms with Crippen molar-refractivity contribution in [3.63, 3.8) is 0 Å². The Morgan fingerprint density at radius 2 is 1.54 bits per heavy atom. The molecule has 5 rings (SSSR count). The van der Waals surface area contributed by atoms with Crippen LogP contribution in [0.25, 0.3) is 0 Å². The summed E-state index contributed by atoms with van der Waals surface area (Å²) in [7, 11) is 0. The molecule has 46 heavy (non-hydrogen) atoms. The van der Waals surface area contributed by atoms with Gasteiger partial charge in [0, 0.05) is 50.1 Å². The second-order valence-corrected chi connectivity index (χ2v) is 12.0. The number of unbranched alkanes of at least 4 members (excludes halogenated alkanes) is 3. The molecular formula is C36H46N4O6. The van der Waals surface area contributed by atoms with Gasteiger partial charge in [-0.3, -0.25) is 14.5 Å². The summed E-state index contributed by atoms with van der Waals surface area (Å²) in [6.45, 7) is 3.99. The van der Waals surface area contributed by atoms with Crippen LogP contribution in [-0.2, 0) is 30.4 Å². The van der Waals surface area contributed by atoms with Crippen LogP contribution in [0.4, 0.5) is 17.1 Å². The number of ether oxygens (including phenoxy) is 3. The van der Waals surface area contributed by atoms with E-state index in [1.165, 1.54) is 0 Å². The van der Waals surface area contributed by atoms with Crippen molar-refractivity contribution in [1.29, 1.82) is 0 Å². The number of carbonyl (C=O) groups is 2. The van der Waals surface area contributed by atoms with Crippen molar-refractivity contribution in [2.45, 2.75) is 70.1 Å². The molecule has 2 heterocycles. The topological polar surface area (TPSA) is 135 Å². The zero-order valence-corrected chi connectivity index (χ0v) is 26.4. The van der Waals surface area contributed by atoms with Gasteiger partial charge in [-0.15, -0.1) is 0 Å². The highest BCUT2D eigenvalue weighted by molar-refractivity contribution is 5.93. The van der Waals surface area contributed by atoms with E-state index in [1.807, 2.05) is 60.7 Å². The number of benzene rings is 3. The highest BCUT2D eigenvalue weighted by Crippen LogP contribution is 2.38. The quantitative estimate of drug-likeness (QED) is 0.134. The van der Waals surface area contributed by atoms with Gasteiger partial charge in [-0.2, -0.15) is 0 Å². The Bertz CT molecular complexity index is 1410. The van der Waals surface area contributed by atoms with Gasteiger partial charge in [-0.05, 0) is 48.2 Å². The first-order valence-corrected chi connectivity index (χ1v) is 16.3. The number of anilines is 3. The number of carbonyl (C=O) groups excluding carboxylic acids is 2. The van der Waals surface area contributed by atoms with Crippen LogP contribution >= 0.6 is 0 Å². The van der Waals surface area contributed by atoms with E-state index in [4.69, 9.17) is 19.9 Å². The smallest absolute Gasteiger partial charge is 0.224 e. The van der Waals surface area contributed by atoms with Crippen LogP contribution in [0.15, 0.2) is 72.8 Å². The van der Waals surface area contributed by atoms with Crippen LogP contribution in [-0.4, -0.2) is 60.8 Å². The molecule has 2 saturated heterocycles. The van der Waals surface area contributed by atoms with E-state index in [1.54, 1.807) is 12.1 Å². The number of nitrogens with two attached hydrogens (primary N) is 1. The highest BCUT2D eigenvalue weighted by Gasteiger charge is 2.33. The first kappa shape index (κ1) is 33.6. The molecule has 3 atom stereocenters. The first-order valence-electron chi connectivity index (χ1n) is 16.3. The fraction of sp³-hybridized carbons (Fsp3) is 0.444. The number of nitrogens with zero attached hydrogens (tertiary/aromatic N) is 1. The zero-order chi connectivity index (χ0) is 32.1. The van der Waals surface area contributed by atoms with Gasteiger partial charge in [0.05, 0.1) is 43.4 Å². The molecule has 5 N–H and O–H groups in total. The maximum atomic E-state index is 12.8. The molecule has 0 radical (unpaired) electrons. The summed E-state index contributed by atoms with van der Waals surface area (Å²) < 4.78 is 18.5. The Labute approximate surface area is 271 Å². The summed E-state index contributed by atoms with van der Waals surface area (Å²) in [6, 6.07) is 22.8. The summed E-state index contributed by atoms with van der Waals surface area (Å²) in [4.78, 5) is 27.3. The van der Waals surface area contributed by atoms with Gasteiger partial charge in [0.25, 0.3) is 0 Å². The molecule has 2 amide bonds. The Kier molecular flexibility index (Phi) is 12.6. The predicted molar refractivity (Wildman–Crippen MR) is 178 cm³/mol. The van der Waals surface area contributed by atoms with E-state index < -0.39 is 6.29 Å². The summed E-state index contributed by atoms with van der Waals surface area (Å²) in [5.41, 5.74) is 10.5.